The standard InChI is InChI=1S/C14H17BrClN/c1-14(2,3)8-4-5-13(17)11-7-6-10(15)9-12(11)16/h6-7,9,13H,5,17H2,1-3H3. The van der Waals surface area contributed by atoms with E-state index in [0.29, 0.717) is 11.4 Å². The fourth-order valence-electron chi connectivity index (χ4n) is 1.34. The second kappa shape index (κ2) is 5.91. The molecule has 0 radical (unpaired) electrons. The lowest BCUT2D eigenvalue weighted by molar-refractivity contribution is 0.569. The van der Waals surface area contributed by atoms with E-state index in [1.165, 1.54) is 0 Å². The van der Waals surface area contributed by atoms with Crippen molar-refractivity contribution in [1.29, 1.82) is 0 Å². The number of nitrogens with two attached hydrogens (primary N) is 1. The van der Waals surface area contributed by atoms with Crippen molar-refractivity contribution in [3.63, 3.8) is 0 Å². The number of hydrogen-bond acceptors (Lipinski definition) is 1. The lowest BCUT2D eigenvalue weighted by Gasteiger charge is -2.12. The predicted molar refractivity (Wildman–Crippen MR) is 77.9 cm³/mol. The Morgan fingerprint density at radius 1 is 1.41 bits per heavy atom. The van der Waals surface area contributed by atoms with Crippen molar-refractivity contribution >= 4 is 27.5 Å². The van der Waals surface area contributed by atoms with E-state index in [1.54, 1.807) is 0 Å². The summed E-state index contributed by atoms with van der Waals surface area (Å²) < 4.78 is 0.958. The lowest BCUT2D eigenvalue weighted by Crippen LogP contribution is -2.10. The van der Waals surface area contributed by atoms with Crippen molar-refractivity contribution in [3.8, 4) is 11.8 Å². The summed E-state index contributed by atoms with van der Waals surface area (Å²) in [5, 5.41) is 0.685. The van der Waals surface area contributed by atoms with Crippen LogP contribution in [0.5, 0.6) is 0 Å². The van der Waals surface area contributed by atoms with Gasteiger partial charge in [-0.15, -0.1) is 5.92 Å². The Hall–Kier alpha value is -0.490. The van der Waals surface area contributed by atoms with Crippen LogP contribution in [0.15, 0.2) is 22.7 Å². The molecule has 1 atom stereocenters. The van der Waals surface area contributed by atoms with Gasteiger partial charge in [-0.3, -0.25) is 0 Å². The van der Waals surface area contributed by atoms with E-state index in [-0.39, 0.29) is 11.5 Å². The first-order valence-corrected chi connectivity index (χ1v) is 6.67. The van der Waals surface area contributed by atoms with Crippen LogP contribution >= 0.6 is 27.5 Å². The molecule has 0 aliphatic carbocycles. The second-order valence-corrected chi connectivity index (χ2v) is 6.35. The molecule has 0 aliphatic rings. The molecule has 0 fully saturated rings. The molecule has 1 unspecified atom stereocenters. The maximum Gasteiger partial charge on any atom is 0.0465 e. The van der Waals surface area contributed by atoms with E-state index in [0.717, 1.165) is 10.0 Å². The molecule has 0 heterocycles. The topological polar surface area (TPSA) is 26.0 Å². The molecule has 1 aromatic rings. The Morgan fingerprint density at radius 3 is 2.59 bits per heavy atom. The van der Waals surface area contributed by atoms with Gasteiger partial charge in [-0.25, -0.2) is 0 Å². The first-order chi connectivity index (χ1) is 7.79. The quantitative estimate of drug-likeness (QED) is 0.797. The molecule has 92 valence electrons. The number of halogens is 2. The molecule has 0 bridgehead atoms. The van der Waals surface area contributed by atoms with Gasteiger partial charge >= 0.3 is 0 Å². The van der Waals surface area contributed by atoms with Crippen LogP contribution in [0.25, 0.3) is 0 Å². The third-order valence-corrected chi connectivity index (χ3v) is 2.97. The van der Waals surface area contributed by atoms with Crippen molar-refractivity contribution < 1.29 is 0 Å². The first kappa shape index (κ1) is 14.6. The van der Waals surface area contributed by atoms with Gasteiger partial charge in [-0.2, -0.15) is 0 Å². The SMILES string of the molecule is CC(C)(C)C#CCC(N)c1ccc(Br)cc1Cl. The van der Waals surface area contributed by atoms with Crippen LogP contribution < -0.4 is 5.73 Å². The van der Waals surface area contributed by atoms with Crippen LogP contribution in [0.2, 0.25) is 5.02 Å². The zero-order valence-electron chi connectivity index (χ0n) is 10.3. The number of hydrogen-bond donors (Lipinski definition) is 1. The van der Waals surface area contributed by atoms with Crippen molar-refractivity contribution in [3.05, 3.63) is 33.3 Å². The fourth-order valence-corrected chi connectivity index (χ4v) is 2.15. The van der Waals surface area contributed by atoms with Crippen molar-refractivity contribution in [1.82, 2.24) is 0 Å². The van der Waals surface area contributed by atoms with Crippen LogP contribution in [0.1, 0.15) is 38.8 Å². The Bertz CT molecular complexity index is 452. The Labute approximate surface area is 117 Å². The summed E-state index contributed by atoms with van der Waals surface area (Å²) in [6, 6.07) is 5.60. The van der Waals surface area contributed by atoms with Gasteiger partial charge in [-0.1, -0.05) is 39.5 Å². The van der Waals surface area contributed by atoms with Crippen LogP contribution in [0, 0.1) is 17.3 Å². The second-order valence-electron chi connectivity index (χ2n) is 5.03. The van der Waals surface area contributed by atoms with E-state index in [1.807, 2.05) is 18.2 Å². The third kappa shape index (κ3) is 5.12. The molecule has 17 heavy (non-hydrogen) atoms. The molecule has 1 rings (SSSR count). The average molecular weight is 315 g/mol. The fraction of sp³-hybridized carbons (Fsp3) is 0.429. The highest BCUT2D eigenvalue weighted by Gasteiger charge is 2.10. The molecule has 0 saturated carbocycles. The molecule has 1 nitrogen and oxygen atoms in total. The summed E-state index contributed by atoms with van der Waals surface area (Å²) in [6.07, 6.45) is 0.624. The van der Waals surface area contributed by atoms with Crippen molar-refractivity contribution in [2.45, 2.75) is 33.2 Å². The van der Waals surface area contributed by atoms with E-state index in [9.17, 15) is 0 Å². The summed E-state index contributed by atoms with van der Waals surface area (Å²) in [7, 11) is 0. The van der Waals surface area contributed by atoms with Gasteiger partial charge in [0.15, 0.2) is 0 Å². The van der Waals surface area contributed by atoms with Crippen molar-refractivity contribution in [2.75, 3.05) is 0 Å². The predicted octanol–water partition coefficient (Wildman–Crippen LogP) is 4.54. The number of benzene rings is 1. The highest BCUT2D eigenvalue weighted by molar-refractivity contribution is 9.10. The Kier molecular flexibility index (Phi) is 5.06. The van der Waals surface area contributed by atoms with Crippen LogP contribution in [0.3, 0.4) is 0 Å². The minimum atomic E-state index is -0.134. The molecule has 1 aromatic carbocycles. The highest BCUT2D eigenvalue weighted by Crippen LogP contribution is 2.26. The molecule has 3 heteroatoms. The molecule has 0 amide bonds. The van der Waals surface area contributed by atoms with Gasteiger partial charge in [0.1, 0.15) is 0 Å². The lowest BCUT2D eigenvalue weighted by atomic mass is 9.97. The van der Waals surface area contributed by atoms with Crippen LogP contribution in [-0.4, -0.2) is 0 Å². The van der Waals surface area contributed by atoms with Gasteiger partial charge in [0.2, 0.25) is 0 Å². The van der Waals surface area contributed by atoms with Gasteiger partial charge in [0.25, 0.3) is 0 Å². The minimum Gasteiger partial charge on any atom is -0.323 e. The smallest absolute Gasteiger partial charge is 0.0465 e. The van der Waals surface area contributed by atoms with Crippen LogP contribution in [0.4, 0.5) is 0 Å². The van der Waals surface area contributed by atoms with E-state index >= 15 is 0 Å². The summed E-state index contributed by atoms with van der Waals surface area (Å²) >= 11 is 9.51. The summed E-state index contributed by atoms with van der Waals surface area (Å²) in [6.45, 7) is 6.24. The number of rotatable bonds is 2. The van der Waals surface area contributed by atoms with Gasteiger partial charge in [0.05, 0.1) is 0 Å². The molecular formula is C14H17BrClN. The first-order valence-electron chi connectivity index (χ1n) is 5.50. The zero-order chi connectivity index (χ0) is 13.1. The van der Waals surface area contributed by atoms with Gasteiger partial charge in [0, 0.05) is 27.4 Å². The summed E-state index contributed by atoms with van der Waals surface area (Å²) in [5.41, 5.74) is 7.03. The van der Waals surface area contributed by atoms with Gasteiger partial charge < -0.3 is 5.73 Å². The monoisotopic (exact) mass is 313 g/mol. The van der Waals surface area contributed by atoms with Gasteiger partial charge in [-0.05, 0) is 38.5 Å². The van der Waals surface area contributed by atoms with Crippen molar-refractivity contribution in [2.24, 2.45) is 11.1 Å². The maximum atomic E-state index is 6.14. The third-order valence-electron chi connectivity index (χ3n) is 2.15. The molecule has 2 N–H and O–H groups in total. The van der Waals surface area contributed by atoms with E-state index in [4.69, 9.17) is 17.3 Å². The normalized spacial score (nSPS) is 12.8. The molecule has 0 spiro atoms. The van der Waals surface area contributed by atoms with E-state index in [2.05, 4.69) is 48.5 Å². The molecule has 0 aromatic heterocycles. The molecule has 0 saturated heterocycles. The highest BCUT2D eigenvalue weighted by atomic mass is 79.9. The minimum absolute atomic E-state index is 0.0171. The Morgan fingerprint density at radius 2 is 2.06 bits per heavy atom. The zero-order valence-corrected chi connectivity index (χ0v) is 12.7. The van der Waals surface area contributed by atoms with E-state index < -0.39 is 0 Å². The molecular weight excluding hydrogens is 298 g/mol. The summed E-state index contributed by atoms with van der Waals surface area (Å²) in [4.78, 5) is 0. The van der Waals surface area contributed by atoms with Crippen LogP contribution in [-0.2, 0) is 0 Å². The largest absolute Gasteiger partial charge is 0.323 e. The maximum absolute atomic E-state index is 6.14. The Balaban J connectivity index is 2.76. The summed E-state index contributed by atoms with van der Waals surface area (Å²) in [5.74, 6) is 6.29. The molecule has 0 aliphatic heterocycles. The average Bonchev–Trinajstić information content (AvgIpc) is 2.15.